The number of carboxylic acids is 1. The van der Waals surface area contributed by atoms with Crippen LogP contribution < -0.4 is 0 Å². The first-order valence-electron chi connectivity index (χ1n) is 8.44. The highest BCUT2D eigenvalue weighted by Gasteiger charge is 2.37. The smallest absolute Gasteiger partial charge is 0.339 e. The Morgan fingerprint density at radius 3 is 2.58 bits per heavy atom. The number of hydrogen-bond donors (Lipinski definition) is 1. The van der Waals surface area contributed by atoms with E-state index in [4.69, 9.17) is 9.52 Å². The maximum absolute atomic E-state index is 12.8. The molecule has 0 aromatic carbocycles. The van der Waals surface area contributed by atoms with Gasteiger partial charge in [-0.05, 0) is 18.4 Å². The molecule has 7 nitrogen and oxygen atoms in total. The zero-order valence-corrected chi connectivity index (χ0v) is 16.7. The Balaban J connectivity index is 2.05. The molecule has 0 saturated carbocycles. The minimum atomic E-state index is -1.06. The Labute approximate surface area is 157 Å². The van der Waals surface area contributed by atoms with Gasteiger partial charge >= 0.3 is 5.97 Å². The molecule has 8 heteroatoms. The summed E-state index contributed by atoms with van der Waals surface area (Å²) in [7, 11) is 1.63. The van der Waals surface area contributed by atoms with E-state index < -0.39 is 12.0 Å². The molecule has 0 aliphatic carbocycles. The van der Waals surface area contributed by atoms with Gasteiger partial charge in [-0.1, -0.05) is 20.8 Å². The van der Waals surface area contributed by atoms with Crippen molar-refractivity contribution in [3.63, 3.8) is 0 Å². The lowest BCUT2D eigenvalue weighted by molar-refractivity contribution is -0.144. The Morgan fingerprint density at radius 1 is 1.38 bits per heavy atom. The van der Waals surface area contributed by atoms with E-state index in [1.807, 2.05) is 20.8 Å². The Hall–Kier alpha value is -1.96. The molecule has 0 unspecified atom stereocenters. The Kier molecular flexibility index (Phi) is 6.05. The number of likely N-dealkylation sites (N-methyl/N-ethyl adjacent to an activating group) is 1. The second-order valence-electron chi connectivity index (χ2n) is 7.80. The van der Waals surface area contributed by atoms with Crippen LogP contribution in [0, 0.1) is 12.3 Å². The van der Waals surface area contributed by atoms with E-state index in [2.05, 4.69) is 0 Å². The Morgan fingerprint density at radius 2 is 2.04 bits per heavy atom. The van der Waals surface area contributed by atoms with Crippen molar-refractivity contribution in [1.29, 1.82) is 0 Å². The van der Waals surface area contributed by atoms with Crippen LogP contribution in [-0.4, -0.2) is 57.4 Å². The van der Waals surface area contributed by atoms with Gasteiger partial charge in [0.25, 0.3) is 0 Å². The highest BCUT2D eigenvalue weighted by molar-refractivity contribution is 7.99. The predicted octanol–water partition coefficient (Wildman–Crippen LogP) is 2.58. The van der Waals surface area contributed by atoms with Crippen LogP contribution in [0.3, 0.4) is 0 Å². The molecule has 0 radical (unpaired) electrons. The molecule has 1 fully saturated rings. The standard InChI is InChI=1S/C18H26N2O5S/c1-11-13(17(23)24)6-12(25-11)8-19(5)16(22)14-9-26-10-20(14)15(21)7-18(2,3)4/h6,14H,7-10H2,1-5H3,(H,23,24)/t14-/m0/s1. The van der Waals surface area contributed by atoms with E-state index >= 15 is 0 Å². The zero-order chi connectivity index (χ0) is 19.6. The fourth-order valence-electron chi connectivity index (χ4n) is 2.85. The lowest BCUT2D eigenvalue weighted by Crippen LogP contribution is -2.48. The van der Waals surface area contributed by atoms with Gasteiger partial charge in [0.15, 0.2) is 0 Å². The zero-order valence-electron chi connectivity index (χ0n) is 15.9. The largest absolute Gasteiger partial charge is 0.478 e. The van der Waals surface area contributed by atoms with Gasteiger partial charge in [0.1, 0.15) is 23.1 Å². The van der Waals surface area contributed by atoms with Crippen LogP contribution in [0.15, 0.2) is 10.5 Å². The number of hydrogen-bond acceptors (Lipinski definition) is 5. The van der Waals surface area contributed by atoms with E-state index in [1.165, 1.54) is 11.0 Å². The number of amides is 2. The number of carboxylic acid groups (broad SMARTS) is 1. The van der Waals surface area contributed by atoms with Crippen LogP contribution in [-0.2, 0) is 16.1 Å². The number of aryl methyl sites for hydroxylation is 1. The number of aromatic carboxylic acids is 1. The molecule has 0 bridgehead atoms. The molecule has 1 aliphatic heterocycles. The first-order chi connectivity index (χ1) is 12.0. The summed E-state index contributed by atoms with van der Waals surface area (Å²) in [6.07, 6.45) is 0.389. The summed E-state index contributed by atoms with van der Waals surface area (Å²) in [4.78, 5) is 39.6. The molecule has 144 valence electrons. The lowest BCUT2D eigenvalue weighted by Gasteiger charge is -2.29. The molecule has 2 rings (SSSR count). The summed E-state index contributed by atoms with van der Waals surface area (Å²) < 4.78 is 5.44. The van der Waals surface area contributed by atoms with Gasteiger partial charge in [0.2, 0.25) is 11.8 Å². The highest BCUT2D eigenvalue weighted by atomic mass is 32.2. The molecule has 1 saturated heterocycles. The molecule has 26 heavy (non-hydrogen) atoms. The summed E-state index contributed by atoms with van der Waals surface area (Å²) in [6.45, 7) is 7.73. The lowest BCUT2D eigenvalue weighted by atomic mass is 9.91. The second kappa shape index (κ2) is 7.73. The number of carbonyl (C=O) groups is 3. The molecule has 1 N–H and O–H groups in total. The topological polar surface area (TPSA) is 91.1 Å². The second-order valence-corrected chi connectivity index (χ2v) is 8.80. The first kappa shape index (κ1) is 20.4. The van der Waals surface area contributed by atoms with E-state index in [0.717, 1.165) is 0 Å². The fraction of sp³-hybridized carbons (Fsp3) is 0.611. The number of rotatable bonds is 5. The third kappa shape index (κ3) is 4.81. The van der Waals surface area contributed by atoms with Crippen molar-refractivity contribution in [2.45, 2.75) is 46.7 Å². The Bertz CT molecular complexity index is 707. The number of furan rings is 1. The van der Waals surface area contributed by atoms with Gasteiger partial charge in [-0.25, -0.2) is 4.79 Å². The van der Waals surface area contributed by atoms with Crippen LogP contribution in [0.5, 0.6) is 0 Å². The molecule has 1 aliphatic rings. The SMILES string of the molecule is Cc1oc(CN(C)C(=O)[C@@H]2CSCN2C(=O)CC(C)(C)C)cc1C(=O)O. The maximum atomic E-state index is 12.8. The monoisotopic (exact) mass is 382 g/mol. The number of carbonyl (C=O) groups excluding carboxylic acids is 2. The van der Waals surface area contributed by atoms with E-state index in [0.29, 0.717) is 29.6 Å². The summed E-state index contributed by atoms with van der Waals surface area (Å²) in [5.41, 5.74) is -0.0396. The number of nitrogens with zero attached hydrogens (tertiary/aromatic N) is 2. The minimum Gasteiger partial charge on any atom is -0.478 e. The van der Waals surface area contributed by atoms with E-state index in [-0.39, 0.29) is 29.3 Å². The molecular weight excluding hydrogens is 356 g/mol. The predicted molar refractivity (Wildman–Crippen MR) is 98.9 cm³/mol. The molecule has 1 atom stereocenters. The van der Waals surface area contributed by atoms with E-state index in [1.54, 1.807) is 30.6 Å². The van der Waals surface area contributed by atoms with Gasteiger partial charge in [-0.3, -0.25) is 9.59 Å². The summed E-state index contributed by atoms with van der Waals surface area (Å²) in [5, 5.41) is 9.10. The normalized spacial score (nSPS) is 17.4. The van der Waals surface area contributed by atoms with Gasteiger partial charge in [0.05, 0.1) is 12.4 Å². The molecular formula is C18H26N2O5S. The quantitative estimate of drug-likeness (QED) is 0.842. The first-order valence-corrected chi connectivity index (χ1v) is 9.60. The molecule has 0 spiro atoms. The van der Waals surface area contributed by atoms with Gasteiger partial charge in [-0.2, -0.15) is 0 Å². The third-order valence-corrected chi connectivity index (χ3v) is 5.15. The van der Waals surface area contributed by atoms with Crippen LogP contribution in [0.25, 0.3) is 0 Å². The number of thioether (sulfide) groups is 1. The van der Waals surface area contributed by atoms with Crippen molar-refractivity contribution >= 4 is 29.5 Å². The van der Waals surface area contributed by atoms with Crippen molar-refractivity contribution in [1.82, 2.24) is 9.80 Å². The molecule has 2 amide bonds. The van der Waals surface area contributed by atoms with Gasteiger partial charge in [-0.15, -0.1) is 11.8 Å². The van der Waals surface area contributed by atoms with Crippen molar-refractivity contribution in [3.05, 3.63) is 23.2 Å². The minimum absolute atomic E-state index is 0.0174. The summed E-state index contributed by atoms with van der Waals surface area (Å²) in [5.74, 6) is 0.566. The van der Waals surface area contributed by atoms with E-state index in [9.17, 15) is 14.4 Å². The third-order valence-electron chi connectivity index (χ3n) is 4.14. The van der Waals surface area contributed by atoms with Crippen molar-refractivity contribution in [2.24, 2.45) is 5.41 Å². The average molecular weight is 382 g/mol. The molecule has 1 aromatic heterocycles. The van der Waals surface area contributed by atoms with Crippen LogP contribution in [0.4, 0.5) is 0 Å². The van der Waals surface area contributed by atoms with Crippen LogP contribution in [0.1, 0.15) is 49.1 Å². The highest BCUT2D eigenvalue weighted by Crippen LogP contribution is 2.27. The van der Waals surface area contributed by atoms with Crippen molar-refractivity contribution in [3.8, 4) is 0 Å². The van der Waals surface area contributed by atoms with Gasteiger partial charge in [0, 0.05) is 19.2 Å². The fourth-order valence-corrected chi connectivity index (χ4v) is 4.02. The molecule has 2 heterocycles. The average Bonchev–Trinajstić information content (AvgIpc) is 3.11. The van der Waals surface area contributed by atoms with Crippen LogP contribution >= 0.6 is 11.8 Å². The van der Waals surface area contributed by atoms with Crippen molar-refractivity contribution in [2.75, 3.05) is 18.7 Å². The van der Waals surface area contributed by atoms with Gasteiger partial charge < -0.3 is 19.3 Å². The summed E-state index contributed by atoms with van der Waals surface area (Å²) >= 11 is 1.56. The van der Waals surface area contributed by atoms with Crippen molar-refractivity contribution < 1.29 is 23.9 Å². The van der Waals surface area contributed by atoms with Crippen LogP contribution in [0.2, 0.25) is 0 Å². The maximum Gasteiger partial charge on any atom is 0.339 e. The summed E-state index contributed by atoms with van der Waals surface area (Å²) in [6, 6.07) is 0.947. The molecule has 1 aromatic rings.